The number of primary sulfonamides is 1. The SMILES string of the molecule is COc1ccc(N2CCN(CC(=O)NCc3ccc(S(N)(=O)=O)cc3)C2=O)cc1. The molecule has 29 heavy (non-hydrogen) atoms. The number of nitrogens with two attached hydrogens (primary N) is 1. The van der Waals surface area contributed by atoms with Gasteiger partial charge in [-0.05, 0) is 42.0 Å². The number of rotatable bonds is 7. The van der Waals surface area contributed by atoms with E-state index in [0.29, 0.717) is 18.8 Å². The van der Waals surface area contributed by atoms with Gasteiger partial charge in [0.05, 0.1) is 12.0 Å². The number of methoxy groups -OCH3 is 1. The highest BCUT2D eigenvalue weighted by molar-refractivity contribution is 7.89. The molecule has 1 aliphatic rings. The fourth-order valence-corrected chi connectivity index (χ4v) is 3.47. The number of nitrogens with zero attached hydrogens (tertiary/aromatic N) is 2. The van der Waals surface area contributed by atoms with Crippen molar-refractivity contribution in [2.75, 3.05) is 31.6 Å². The summed E-state index contributed by atoms with van der Waals surface area (Å²) < 4.78 is 27.6. The molecule has 1 aliphatic heterocycles. The van der Waals surface area contributed by atoms with Gasteiger partial charge in [-0.1, -0.05) is 12.1 Å². The Balaban J connectivity index is 1.52. The van der Waals surface area contributed by atoms with Gasteiger partial charge in [0.1, 0.15) is 12.3 Å². The number of carbonyl (C=O) groups excluding carboxylic acids is 2. The number of hydrogen-bond acceptors (Lipinski definition) is 5. The number of benzene rings is 2. The summed E-state index contributed by atoms with van der Waals surface area (Å²) in [5, 5.41) is 7.78. The number of urea groups is 1. The molecule has 2 aromatic rings. The first-order valence-corrected chi connectivity index (χ1v) is 10.4. The lowest BCUT2D eigenvalue weighted by Crippen LogP contribution is -2.39. The molecule has 3 N–H and O–H groups in total. The van der Waals surface area contributed by atoms with E-state index in [1.165, 1.54) is 17.0 Å². The summed E-state index contributed by atoms with van der Waals surface area (Å²) in [6.45, 7) is 1.10. The molecule has 1 fully saturated rings. The highest BCUT2D eigenvalue weighted by atomic mass is 32.2. The van der Waals surface area contributed by atoms with Crippen molar-refractivity contribution in [3.8, 4) is 5.75 Å². The van der Waals surface area contributed by atoms with Crippen LogP contribution in [0.3, 0.4) is 0 Å². The number of nitrogens with one attached hydrogen (secondary N) is 1. The van der Waals surface area contributed by atoms with Crippen LogP contribution in [0.25, 0.3) is 0 Å². The van der Waals surface area contributed by atoms with Gasteiger partial charge in [0.2, 0.25) is 15.9 Å². The second kappa shape index (κ2) is 8.50. The number of amides is 3. The highest BCUT2D eigenvalue weighted by Gasteiger charge is 2.30. The summed E-state index contributed by atoms with van der Waals surface area (Å²) in [7, 11) is -2.17. The van der Waals surface area contributed by atoms with Crippen LogP contribution in [0.5, 0.6) is 5.75 Å². The zero-order chi connectivity index (χ0) is 21.0. The summed E-state index contributed by atoms with van der Waals surface area (Å²) >= 11 is 0. The van der Waals surface area contributed by atoms with Gasteiger partial charge in [0.15, 0.2) is 0 Å². The van der Waals surface area contributed by atoms with Gasteiger partial charge in [0, 0.05) is 25.3 Å². The van der Waals surface area contributed by atoms with Gasteiger partial charge in [0.25, 0.3) is 0 Å². The Morgan fingerprint density at radius 2 is 1.76 bits per heavy atom. The Morgan fingerprint density at radius 3 is 2.34 bits per heavy atom. The molecule has 0 aromatic heterocycles. The van der Waals surface area contributed by atoms with Crippen LogP contribution in [0.2, 0.25) is 0 Å². The van der Waals surface area contributed by atoms with Crippen LogP contribution in [-0.4, -0.2) is 52.0 Å². The topological polar surface area (TPSA) is 122 Å². The third kappa shape index (κ3) is 5.04. The highest BCUT2D eigenvalue weighted by Crippen LogP contribution is 2.23. The molecule has 0 spiro atoms. The van der Waals surface area contributed by atoms with E-state index < -0.39 is 10.0 Å². The van der Waals surface area contributed by atoms with E-state index in [9.17, 15) is 18.0 Å². The van der Waals surface area contributed by atoms with E-state index in [-0.39, 0.29) is 29.9 Å². The second-order valence-corrected chi connectivity index (χ2v) is 8.08. The van der Waals surface area contributed by atoms with Crippen LogP contribution in [0.1, 0.15) is 5.56 Å². The Hall–Kier alpha value is -3.11. The van der Waals surface area contributed by atoms with Gasteiger partial charge in [-0.15, -0.1) is 0 Å². The van der Waals surface area contributed by atoms with Crippen molar-refractivity contribution >= 4 is 27.6 Å². The lowest BCUT2D eigenvalue weighted by atomic mass is 10.2. The first-order valence-electron chi connectivity index (χ1n) is 8.87. The zero-order valence-electron chi connectivity index (χ0n) is 15.9. The van der Waals surface area contributed by atoms with E-state index in [1.807, 2.05) is 0 Å². The van der Waals surface area contributed by atoms with E-state index in [2.05, 4.69) is 5.32 Å². The van der Waals surface area contributed by atoms with Crippen LogP contribution in [-0.2, 0) is 21.4 Å². The molecule has 9 nitrogen and oxygen atoms in total. The molecule has 2 aromatic carbocycles. The number of hydrogen-bond donors (Lipinski definition) is 2. The average Bonchev–Trinajstić information content (AvgIpc) is 3.06. The van der Waals surface area contributed by atoms with Gasteiger partial charge in [-0.25, -0.2) is 18.4 Å². The molecule has 10 heteroatoms. The first kappa shape index (κ1) is 20.6. The molecule has 0 atom stereocenters. The molecule has 1 saturated heterocycles. The Kier molecular flexibility index (Phi) is 6.04. The third-order valence-corrected chi connectivity index (χ3v) is 5.48. The molecular weight excluding hydrogens is 396 g/mol. The smallest absolute Gasteiger partial charge is 0.325 e. The lowest BCUT2D eigenvalue weighted by Gasteiger charge is -2.18. The lowest BCUT2D eigenvalue weighted by molar-refractivity contribution is -0.121. The normalized spacial score (nSPS) is 14.2. The average molecular weight is 418 g/mol. The fraction of sp³-hybridized carbons (Fsp3) is 0.263. The summed E-state index contributed by atoms with van der Waals surface area (Å²) in [6.07, 6.45) is 0. The Morgan fingerprint density at radius 1 is 1.10 bits per heavy atom. The monoisotopic (exact) mass is 418 g/mol. The van der Waals surface area contributed by atoms with E-state index >= 15 is 0 Å². The van der Waals surface area contributed by atoms with Gasteiger partial charge in [-0.2, -0.15) is 0 Å². The van der Waals surface area contributed by atoms with Crippen LogP contribution in [0.15, 0.2) is 53.4 Å². The Labute approximate surface area is 169 Å². The van der Waals surface area contributed by atoms with Crippen molar-refractivity contribution in [3.05, 3.63) is 54.1 Å². The van der Waals surface area contributed by atoms with Gasteiger partial charge >= 0.3 is 6.03 Å². The number of anilines is 1. The van der Waals surface area contributed by atoms with Crippen molar-refractivity contribution in [3.63, 3.8) is 0 Å². The molecule has 3 amide bonds. The van der Waals surface area contributed by atoms with E-state index in [4.69, 9.17) is 9.88 Å². The van der Waals surface area contributed by atoms with Gasteiger partial charge < -0.3 is 15.0 Å². The standard InChI is InChI=1S/C19H22N4O5S/c1-28-16-6-4-15(5-7-16)23-11-10-22(19(23)25)13-18(24)21-12-14-2-8-17(9-3-14)29(20,26)27/h2-9H,10-13H2,1H3,(H,21,24)(H2,20,26,27). The molecule has 1 heterocycles. The largest absolute Gasteiger partial charge is 0.497 e. The van der Waals surface area contributed by atoms with Crippen molar-refractivity contribution in [2.24, 2.45) is 5.14 Å². The predicted octanol–water partition coefficient (Wildman–Crippen LogP) is 0.901. The van der Waals surface area contributed by atoms with E-state index in [0.717, 1.165) is 11.3 Å². The molecule has 154 valence electrons. The maximum Gasteiger partial charge on any atom is 0.325 e. The molecule has 0 radical (unpaired) electrons. The van der Waals surface area contributed by atoms with Crippen molar-refractivity contribution < 1.29 is 22.7 Å². The molecule has 0 saturated carbocycles. The first-order chi connectivity index (χ1) is 13.8. The second-order valence-electron chi connectivity index (χ2n) is 6.52. The number of carbonyl (C=O) groups is 2. The fourth-order valence-electron chi connectivity index (χ4n) is 2.96. The molecule has 3 rings (SSSR count). The molecule has 0 aliphatic carbocycles. The summed E-state index contributed by atoms with van der Waals surface area (Å²) in [6, 6.07) is 12.8. The maximum atomic E-state index is 12.6. The minimum atomic E-state index is -3.75. The third-order valence-electron chi connectivity index (χ3n) is 4.56. The van der Waals surface area contributed by atoms with Crippen LogP contribution >= 0.6 is 0 Å². The Bertz CT molecular complexity index is 990. The predicted molar refractivity (Wildman–Crippen MR) is 107 cm³/mol. The van der Waals surface area contributed by atoms with Crippen LogP contribution < -0.4 is 20.1 Å². The molecular formula is C19H22N4O5S. The zero-order valence-corrected chi connectivity index (χ0v) is 16.7. The summed E-state index contributed by atoms with van der Waals surface area (Å²) in [4.78, 5) is 27.9. The molecule has 0 bridgehead atoms. The summed E-state index contributed by atoms with van der Waals surface area (Å²) in [5.74, 6) is 0.402. The number of sulfonamides is 1. The number of ether oxygens (including phenoxy) is 1. The van der Waals surface area contributed by atoms with Crippen molar-refractivity contribution in [1.29, 1.82) is 0 Å². The molecule has 0 unspecified atom stereocenters. The minimum absolute atomic E-state index is 0.00821. The van der Waals surface area contributed by atoms with Crippen molar-refractivity contribution in [1.82, 2.24) is 10.2 Å². The van der Waals surface area contributed by atoms with E-state index in [1.54, 1.807) is 48.4 Å². The van der Waals surface area contributed by atoms with Crippen LogP contribution in [0, 0.1) is 0 Å². The van der Waals surface area contributed by atoms with Gasteiger partial charge in [-0.3, -0.25) is 9.69 Å². The summed E-state index contributed by atoms with van der Waals surface area (Å²) in [5.41, 5.74) is 1.46. The van der Waals surface area contributed by atoms with Crippen LogP contribution in [0.4, 0.5) is 10.5 Å². The maximum absolute atomic E-state index is 12.6. The quantitative estimate of drug-likeness (QED) is 0.692. The van der Waals surface area contributed by atoms with Crippen molar-refractivity contribution in [2.45, 2.75) is 11.4 Å². The minimum Gasteiger partial charge on any atom is -0.497 e.